The number of esters is 1. The molecule has 3 atom stereocenters. The molecule has 1 saturated heterocycles. The maximum Gasteiger partial charge on any atom is 0.333 e. The first kappa shape index (κ1) is 17.3. The molecule has 3 rings (SSSR count). The molecule has 1 aliphatic heterocycles. The van der Waals surface area contributed by atoms with Crippen LogP contribution in [0.4, 0.5) is 0 Å². The van der Waals surface area contributed by atoms with Crippen molar-refractivity contribution in [3.05, 3.63) is 23.8 Å². The van der Waals surface area contributed by atoms with E-state index < -0.39 is 0 Å². The van der Waals surface area contributed by atoms with Crippen LogP contribution in [0.3, 0.4) is 0 Å². The van der Waals surface area contributed by atoms with Crippen LogP contribution in [0, 0.1) is 17.3 Å². The molecule has 0 aromatic heterocycles. The number of cyclic esters (lactones) is 1. The summed E-state index contributed by atoms with van der Waals surface area (Å²) in [5.41, 5.74) is 2.46. The summed E-state index contributed by atoms with van der Waals surface area (Å²) in [4.78, 5) is 10.5. The van der Waals surface area contributed by atoms with Gasteiger partial charge in [-0.25, -0.2) is 4.79 Å². The van der Waals surface area contributed by atoms with Crippen LogP contribution in [0.5, 0.6) is 0 Å². The summed E-state index contributed by atoms with van der Waals surface area (Å²) >= 11 is 0. The molecule has 124 valence electrons. The normalized spacial score (nSPS) is 36.4. The van der Waals surface area contributed by atoms with E-state index >= 15 is 0 Å². The maximum absolute atomic E-state index is 10.5. The van der Waals surface area contributed by atoms with Crippen LogP contribution >= 0.6 is 0 Å². The molecule has 2 unspecified atom stereocenters. The first-order chi connectivity index (χ1) is 10.5. The van der Waals surface area contributed by atoms with Crippen molar-refractivity contribution < 1.29 is 14.6 Å². The molecule has 1 heterocycles. The van der Waals surface area contributed by atoms with E-state index in [1.54, 1.807) is 6.08 Å². The number of carbonyl (C=O) groups excluding carboxylic acids is 1. The van der Waals surface area contributed by atoms with E-state index in [1.807, 2.05) is 6.92 Å². The van der Waals surface area contributed by atoms with Gasteiger partial charge in [-0.3, -0.25) is 0 Å². The van der Waals surface area contributed by atoms with Gasteiger partial charge >= 0.3 is 5.97 Å². The third kappa shape index (κ3) is 3.81. The lowest BCUT2D eigenvalue weighted by atomic mass is 9.58. The molecule has 2 aliphatic carbocycles. The summed E-state index contributed by atoms with van der Waals surface area (Å²) in [7, 11) is 0. The van der Waals surface area contributed by atoms with Crippen molar-refractivity contribution >= 4 is 5.97 Å². The molecule has 3 nitrogen and oxygen atoms in total. The lowest BCUT2D eigenvalue weighted by Gasteiger charge is -2.48. The fourth-order valence-corrected chi connectivity index (χ4v) is 4.29. The number of aliphatic hydroxyl groups excluding tert-OH is 1. The molecule has 0 radical (unpaired) electrons. The summed E-state index contributed by atoms with van der Waals surface area (Å²) in [5, 5.41) is 9.53. The zero-order valence-electron chi connectivity index (χ0n) is 14.1. The lowest BCUT2D eigenvalue weighted by molar-refractivity contribution is -0.135. The summed E-state index contributed by atoms with van der Waals surface area (Å²) in [6, 6.07) is 0. The third-order valence-corrected chi connectivity index (χ3v) is 5.72. The largest absolute Gasteiger partial charge is 0.462 e. The fraction of sp³-hybridized carbons (Fsp3) is 0.737. The number of carbonyl (C=O) groups is 1. The molecule has 0 aromatic rings. The van der Waals surface area contributed by atoms with Crippen molar-refractivity contribution in [3.8, 4) is 0 Å². The van der Waals surface area contributed by atoms with E-state index in [-0.39, 0.29) is 11.4 Å². The van der Waals surface area contributed by atoms with Gasteiger partial charge in [-0.05, 0) is 56.3 Å². The molecule has 3 fully saturated rings. The van der Waals surface area contributed by atoms with Gasteiger partial charge in [-0.15, -0.1) is 0 Å². The smallest absolute Gasteiger partial charge is 0.333 e. The van der Waals surface area contributed by atoms with Gasteiger partial charge in [0.2, 0.25) is 0 Å². The molecule has 0 spiro atoms. The Balaban J connectivity index is 0.000000188. The number of aliphatic hydroxyl groups is 1. The number of ether oxygens (including phenoxy) is 1. The predicted octanol–water partition coefficient (Wildman–Crippen LogP) is 4.02. The Morgan fingerprint density at radius 3 is 2.73 bits per heavy atom. The van der Waals surface area contributed by atoms with E-state index in [0.29, 0.717) is 13.2 Å². The Morgan fingerprint density at radius 1 is 1.41 bits per heavy atom. The number of hydrogen-bond acceptors (Lipinski definition) is 3. The zero-order chi connectivity index (χ0) is 16.2. The standard InChI is InChI=1S/C13H22O.C6H8O2/c1-10-5-6-12-11(8-10)4-3-7-13(12,2)9-14;1-2-5-3-4-8-6(5)7/h11-12,14H,1,3-9H2,2H3;2H,3-4H2,1H3/b;5-2+/t11?,12?,13-;/m0./s1. The summed E-state index contributed by atoms with van der Waals surface area (Å²) in [6.45, 7) is 9.18. The number of hydrogen-bond donors (Lipinski definition) is 1. The fourth-order valence-electron chi connectivity index (χ4n) is 4.29. The summed E-state index contributed by atoms with van der Waals surface area (Å²) in [6.07, 6.45) is 10.1. The van der Waals surface area contributed by atoms with E-state index in [4.69, 9.17) is 0 Å². The van der Waals surface area contributed by atoms with Crippen LogP contribution in [0.1, 0.15) is 58.8 Å². The minimum absolute atomic E-state index is 0.146. The Kier molecular flexibility index (Phi) is 5.85. The Hall–Kier alpha value is -1.09. The second kappa shape index (κ2) is 7.45. The van der Waals surface area contributed by atoms with E-state index in [2.05, 4.69) is 18.2 Å². The summed E-state index contributed by atoms with van der Waals surface area (Å²) in [5.74, 6) is 1.43. The lowest BCUT2D eigenvalue weighted by Crippen LogP contribution is -2.41. The monoisotopic (exact) mass is 306 g/mol. The van der Waals surface area contributed by atoms with Crippen LogP contribution in [-0.2, 0) is 9.53 Å². The topological polar surface area (TPSA) is 46.5 Å². The van der Waals surface area contributed by atoms with Gasteiger partial charge in [-0.2, -0.15) is 0 Å². The molecule has 0 bridgehead atoms. The molecule has 0 aromatic carbocycles. The second-order valence-corrected chi connectivity index (χ2v) is 7.26. The van der Waals surface area contributed by atoms with Crippen molar-refractivity contribution in [3.63, 3.8) is 0 Å². The van der Waals surface area contributed by atoms with E-state index in [0.717, 1.165) is 23.8 Å². The van der Waals surface area contributed by atoms with Crippen molar-refractivity contribution in [2.45, 2.75) is 58.8 Å². The van der Waals surface area contributed by atoms with Crippen molar-refractivity contribution in [2.24, 2.45) is 17.3 Å². The highest BCUT2D eigenvalue weighted by Crippen LogP contribution is 2.51. The number of fused-ring (bicyclic) bond motifs is 1. The van der Waals surface area contributed by atoms with E-state index in [9.17, 15) is 9.90 Å². The minimum Gasteiger partial charge on any atom is -0.462 e. The van der Waals surface area contributed by atoms with Gasteiger partial charge in [0.05, 0.1) is 6.61 Å². The first-order valence-electron chi connectivity index (χ1n) is 8.60. The Bertz CT molecular complexity index is 452. The highest BCUT2D eigenvalue weighted by atomic mass is 16.5. The first-order valence-corrected chi connectivity index (χ1v) is 8.60. The highest BCUT2D eigenvalue weighted by molar-refractivity contribution is 5.90. The highest BCUT2D eigenvalue weighted by Gasteiger charge is 2.43. The zero-order valence-corrected chi connectivity index (χ0v) is 14.1. The summed E-state index contributed by atoms with van der Waals surface area (Å²) < 4.78 is 4.65. The molecular weight excluding hydrogens is 276 g/mol. The number of rotatable bonds is 1. The Labute approximate surface area is 134 Å². The average Bonchev–Trinajstić information content (AvgIpc) is 2.93. The van der Waals surface area contributed by atoms with Crippen molar-refractivity contribution in [2.75, 3.05) is 13.2 Å². The third-order valence-electron chi connectivity index (χ3n) is 5.72. The molecule has 3 aliphatic rings. The SMILES string of the molecule is C/C=C1\CCOC1=O.C=C1CCC2C(CCC[C@@]2(C)CO)C1. The van der Waals surface area contributed by atoms with Gasteiger partial charge < -0.3 is 9.84 Å². The van der Waals surface area contributed by atoms with Gasteiger partial charge in [-0.1, -0.05) is 31.6 Å². The molecular formula is C19H30O3. The molecule has 22 heavy (non-hydrogen) atoms. The minimum atomic E-state index is -0.146. The quantitative estimate of drug-likeness (QED) is 0.452. The van der Waals surface area contributed by atoms with Crippen molar-refractivity contribution in [1.82, 2.24) is 0 Å². The van der Waals surface area contributed by atoms with E-state index in [1.165, 1.54) is 44.1 Å². The van der Waals surface area contributed by atoms with Gasteiger partial charge in [0.25, 0.3) is 0 Å². The number of allylic oxidation sites excluding steroid dienone is 2. The van der Waals surface area contributed by atoms with Crippen LogP contribution in [-0.4, -0.2) is 24.3 Å². The van der Waals surface area contributed by atoms with Gasteiger partial charge in [0.15, 0.2) is 0 Å². The average molecular weight is 306 g/mol. The maximum atomic E-state index is 10.5. The van der Waals surface area contributed by atoms with Gasteiger partial charge in [0.1, 0.15) is 0 Å². The van der Waals surface area contributed by atoms with Crippen LogP contribution in [0.15, 0.2) is 23.8 Å². The van der Waals surface area contributed by atoms with Gasteiger partial charge in [0, 0.05) is 18.6 Å². The van der Waals surface area contributed by atoms with Crippen molar-refractivity contribution in [1.29, 1.82) is 0 Å². The van der Waals surface area contributed by atoms with Crippen LogP contribution in [0.2, 0.25) is 0 Å². The Morgan fingerprint density at radius 2 is 2.18 bits per heavy atom. The molecule has 0 amide bonds. The molecule has 3 heteroatoms. The molecule has 1 N–H and O–H groups in total. The second-order valence-electron chi connectivity index (χ2n) is 7.26. The molecule has 2 saturated carbocycles. The predicted molar refractivity (Wildman–Crippen MR) is 88.3 cm³/mol. The van der Waals surface area contributed by atoms with Crippen LogP contribution in [0.25, 0.3) is 0 Å². The van der Waals surface area contributed by atoms with Crippen LogP contribution < -0.4 is 0 Å².